The Bertz CT molecular complexity index is 530. The summed E-state index contributed by atoms with van der Waals surface area (Å²) in [6.07, 6.45) is -1.03. The zero-order valence-corrected chi connectivity index (χ0v) is 10.9. The Morgan fingerprint density at radius 1 is 1.55 bits per heavy atom. The highest BCUT2D eigenvalue weighted by Crippen LogP contribution is 2.40. The lowest BCUT2D eigenvalue weighted by molar-refractivity contribution is -0.144. The molecule has 2 N–H and O–H groups in total. The van der Waals surface area contributed by atoms with E-state index in [-0.39, 0.29) is 31.4 Å². The molecule has 0 saturated carbocycles. The smallest absolute Gasteiger partial charge is 0.344 e. The van der Waals surface area contributed by atoms with Crippen LogP contribution in [0.25, 0.3) is 0 Å². The van der Waals surface area contributed by atoms with Gasteiger partial charge in [-0.3, -0.25) is 4.79 Å². The number of amides is 1. The number of carboxylic acids is 1. The Morgan fingerprint density at radius 2 is 2.30 bits per heavy atom. The Labute approximate surface area is 115 Å². The molecule has 0 aliphatic carbocycles. The number of aliphatic hydroxyl groups is 1. The summed E-state index contributed by atoms with van der Waals surface area (Å²) in [6.45, 7) is 1.20. The van der Waals surface area contributed by atoms with Crippen molar-refractivity contribution in [3.63, 3.8) is 0 Å². The summed E-state index contributed by atoms with van der Waals surface area (Å²) in [5.74, 6) is -0.793. The van der Waals surface area contributed by atoms with Crippen molar-refractivity contribution in [2.75, 3.05) is 24.7 Å². The molecule has 0 spiro atoms. The van der Waals surface area contributed by atoms with Crippen LogP contribution in [0.1, 0.15) is 6.92 Å². The molecule has 0 fully saturated rings. The standard InChI is InChI=1S/C13H15NO6/c1-8(13(17)18)20-10-4-2-3-9-12(10)19-7-11(16)14(9)5-6-15/h2-4,8,15H,5-7H2,1H3,(H,17,18). The molecule has 0 aromatic heterocycles. The highest BCUT2D eigenvalue weighted by atomic mass is 16.5. The number of nitrogens with zero attached hydrogens (tertiary/aromatic N) is 1. The maximum atomic E-state index is 11.7. The quantitative estimate of drug-likeness (QED) is 0.803. The van der Waals surface area contributed by atoms with Gasteiger partial charge in [0.15, 0.2) is 24.2 Å². The van der Waals surface area contributed by atoms with Crippen LogP contribution in [0.5, 0.6) is 11.5 Å². The second kappa shape index (κ2) is 5.79. The predicted octanol–water partition coefficient (Wildman–Crippen LogP) is 0.256. The molecular formula is C13H15NO6. The minimum Gasteiger partial charge on any atom is -0.479 e. The topological polar surface area (TPSA) is 96.3 Å². The molecule has 7 nitrogen and oxygen atoms in total. The SMILES string of the molecule is CC(Oc1cccc2c1OCC(=O)N2CCO)C(=O)O. The fourth-order valence-corrected chi connectivity index (χ4v) is 1.89. The molecule has 1 amide bonds. The molecule has 1 aromatic rings. The first kappa shape index (κ1) is 14.1. The maximum absolute atomic E-state index is 11.7. The first-order valence-electron chi connectivity index (χ1n) is 6.11. The third kappa shape index (κ3) is 2.67. The molecule has 1 unspecified atom stereocenters. The lowest BCUT2D eigenvalue weighted by Gasteiger charge is -2.30. The van der Waals surface area contributed by atoms with Gasteiger partial charge in [0.2, 0.25) is 0 Å². The van der Waals surface area contributed by atoms with Crippen LogP contribution in [-0.2, 0) is 9.59 Å². The second-order valence-corrected chi connectivity index (χ2v) is 4.26. The number of para-hydroxylation sites is 1. The van der Waals surface area contributed by atoms with Gasteiger partial charge in [-0.15, -0.1) is 0 Å². The lowest BCUT2D eigenvalue weighted by atomic mass is 10.2. The van der Waals surface area contributed by atoms with E-state index in [2.05, 4.69) is 0 Å². The van der Waals surface area contributed by atoms with Crippen molar-refractivity contribution < 1.29 is 29.3 Å². The fraction of sp³-hybridized carbons (Fsp3) is 0.385. The fourth-order valence-electron chi connectivity index (χ4n) is 1.89. The molecule has 0 bridgehead atoms. The summed E-state index contributed by atoms with van der Waals surface area (Å²) in [5.41, 5.74) is 0.463. The predicted molar refractivity (Wildman–Crippen MR) is 69.1 cm³/mol. The third-order valence-corrected chi connectivity index (χ3v) is 2.87. The number of carbonyl (C=O) groups is 2. The van der Waals surface area contributed by atoms with E-state index in [0.717, 1.165) is 0 Å². The van der Waals surface area contributed by atoms with Gasteiger partial charge in [-0.05, 0) is 19.1 Å². The Hall–Kier alpha value is -2.28. The van der Waals surface area contributed by atoms with Crippen molar-refractivity contribution in [2.45, 2.75) is 13.0 Å². The molecule has 20 heavy (non-hydrogen) atoms. The van der Waals surface area contributed by atoms with Crippen molar-refractivity contribution in [1.29, 1.82) is 0 Å². The van der Waals surface area contributed by atoms with E-state index in [1.807, 2.05) is 0 Å². The van der Waals surface area contributed by atoms with Gasteiger partial charge < -0.3 is 24.6 Å². The second-order valence-electron chi connectivity index (χ2n) is 4.26. The first-order chi connectivity index (χ1) is 9.54. The number of fused-ring (bicyclic) bond motifs is 1. The van der Waals surface area contributed by atoms with Gasteiger partial charge in [0, 0.05) is 6.54 Å². The molecule has 0 saturated heterocycles. The Balaban J connectivity index is 2.34. The van der Waals surface area contributed by atoms with Crippen molar-refractivity contribution >= 4 is 17.6 Å². The molecule has 1 heterocycles. The molecule has 1 aliphatic heterocycles. The minimum atomic E-state index is -1.10. The van der Waals surface area contributed by atoms with Gasteiger partial charge in [0.05, 0.1) is 12.3 Å². The van der Waals surface area contributed by atoms with E-state index in [1.165, 1.54) is 11.8 Å². The molecule has 108 valence electrons. The van der Waals surface area contributed by atoms with Gasteiger partial charge in [0.1, 0.15) is 0 Å². The zero-order chi connectivity index (χ0) is 14.7. The summed E-state index contributed by atoms with van der Waals surface area (Å²) in [7, 11) is 0. The summed E-state index contributed by atoms with van der Waals surface area (Å²) >= 11 is 0. The van der Waals surface area contributed by atoms with Crippen LogP contribution in [0.15, 0.2) is 18.2 Å². The molecule has 1 atom stereocenters. The van der Waals surface area contributed by atoms with Crippen LogP contribution in [0, 0.1) is 0 Å². The number of carboxylic acid groups (broad SMARTS) is 1. The number of anilines is 1. The van der Waals surface area contributed by atoms with E-state index in [9.17, 15) is 9.59 Å². The highest BCUT2D eigenvalue weighted by Gasteiger charge is 2.28. The molecule has 1 aliphatic rings. The van der Waals surface area contributed by atoms with E-state index in [1.54, 1.807) is 18.2 Å². The Morgan fingerprint density at radius 3 is 2.95 bits per heavy atom. The van der Waals surface area contributed by atoms with Crippen molar-refractivity contribution in [3.05, 3.63) is 18.2 Å². The molecule has 0 radical (unpaired) electrons. The maximum Gasteiger partial charge on any atom is 0.344 e. The average molecular weight is 281 g/mol. The summed E-state index contributed by atoms with van der Waals surface area (Å²) in [6, 6.07) is 4.86. The minimum absolute atomic E-state index is 0.146. The van der Waals surface area contributed by atoms with Crippen LogP contribution in [0.3, 0.4) is 0 Å². The molecular weight excluding hydrogens is 266 g/mol. The monoisotopic (exact) mass is 281 g/mol. The summed E-state index contributed by atoms with van der Waals surface area (Å²) in [4.78, 5) is 24.0. The van der Waals surface area contributed by atoms with Crippen molar-refractivity contribution in [2.24, 2.45) is 0 Å². The normalized spacial score (nSPS) is 15.3. The van der Waals surface area contributed by atoms with E-state index >= 15 is 0 Å². The highest BCUT2D eigenvalue weighted by molar-refractivity contribution is 5.98. The van der Waals surface area contributed by atoms with E-state index in [0.29, 0.717) is 11.4 Å². The number of β-amino-alcohol motifs (C(OH)–C–C–N with tert-alkyl or cyclic N) is 1. The van der Waals surface area contributed by atoms with Gasteiger partial charge in [-0.2, -0.15) is 0 Å². The lowest BCUT2D eigenvalue weighted by Crippen LogP contribution is -2.40. The van der Waals surface area contributed by atoms with Crippen LogP contribution < -0.4 is 14.4 Å². The largest absolute Gasteiger partial charge is 0.479 e. The Kier molecular flexibility index (Phi) is 4.09. The van der Waals surface area contributed by atoms with Gasteiger partial charge in [0.25, 0.3) is 5.91 Å². The van der Waals surface area contributed by atoms with Crippen LogP contribution in [0.4, 0.5) is 5.69 Å². The molecule has 7 heteroatoms. The van der Waals surface area contributed by atoms with Gasteiger partial charge in [-0.25, -0.2) is 4.79 Å². The number of hydrogen-bond acceptors (Lipinski definition) is 5. The number of rotatable bonds is 5. The van der Waals surface area contributed by atoms with Crippen molar-refractivity contribution in [3.8, 4) is 11.5 Å². The zero-order valence-electron chi connectivity index (χ0n) is 10.9. The summed E-state index contributed by atoms with van der Waals surface area (Å²) in [5, 5.41) is 17.9. The number of hydrogen-bond donors (Lipinski definition) is 2. The van der Waals surface area contributed by atoms with E-state index in [4.69, 9.17) is 19.7 Å². The number of aliphatic hydroxyl groups excluding tert-OH is 1. The van der Waals surface area contributed by atoms with Crippen molar-refractivity contribution in [1.82, 2.24) is 0 Å². The number of carbonyl (C=O) groups excluding carboxylic acids is 1. The van der Waals surface area contributed by atoms with E-state index < -0.39 is 12.1 Å². The number of aliphatic carboxylic acids is 1. The molecule has 1 aromatic carbocycles. The molecule has 2 rings (SSSR count). The average Bonchev–Trinajstić information content (AvgIpc) is 2.42. The van der Waals surface area contributed by atoms with Crippen LogP contribution >= 0.6 is 0 Å². The van der Waals surface area contributed by atoms with Gasteiger partial charge >= 0.3 is 5.97 Å². The number of benzene rings is 1. The van der Waals surface area contributed by atoms with Gasteiger partial charge in [-0.1, -0.05) is 6.07 Å². The first-order valence-corrected chi connectivity index (χ1v) is 6.11. The summed E-state index contributed by atoms with van der Waals surface area (Å²) < 4.78 is 10.6. The number of ether oxygens (including phenoxy) is 2. The van der Waals surface area contributed by atoms with Crippen LogP contribution in [-0.4, -0.2) is 48.0 Å². The third-order valence-electron chi connectivity index (χ3n) is 2.87. The van der Waals surface area contributed by atoms with Crippen LogP contribution in [0.2, 0.25) is 0 Å².